The zero-order valence-corrected chi connectivity index (χ0v) is 10.6. The molecule has 0 amide bonds. The minimum Gasteiger partial charge on any atom is -0.508 e. The maximum absolute atomic E-state index is 9.41. The lowest BCUT2D eigenvalue weighted by Crippen LogP contribution is -2.26. The normalized spacial score (nSPS) is 13.9. The Hall–Kier alpha value is -1.54. The summed E-state index contributed by atoms with van der Waals surface area (Å²) in [7, 11) is 0. The van der Waals surface area contributed by atoms with E-state index in [2.05, 4.69) is 26.8 Å². The van der Waals surface area contributed by atoms with Gasteiger partial charge in [0.1, 0.15) is 5.75 Å². The molecule has 0 aliphatic rings. The molecule has 0 saturated carbocycles. The van der Waals surface area contributed by atoms with Gasteiger partial charge in [-0.15, -0.1) is 0 Å². The van der Waals surface area contributed by atoms with Crippen LogP contribution in [0.15, 0.2) is 36.4 Å². The van der Waals surface area contributed by atoms with Gasteiger partial charge in [-0.05, 0) is 39.9 Å². The van der Waals surface area contributed by atoms with E-state index in [9.17, 15) is 5.11 Å². The first-order valence-corrected chi connectivity index (χ1v) is 5.86. The fourth-order valence-corrected chi connectivity index (χ4v) is 1.95. The first-order chi connectivity index (χ1) is 7.88. The van der Waals surface area contributed by atoms with E-state index in [0.717, 1.165) is 16.3 Å². The number of fused-ring (bicyclic) bond motifs is 1. The number of phenolic OH excluding ortho intramolecular Hbond substituents is 1. The molecule has 0 radical (unpaired) electrons. The van der Waals surface area contributed by atoms with E-state index in [1.807, 2.05) is 18.2 Å². The molecular formula is C15H19NO. The lowest BCUT2D eigenvalue weighted by molar-refractivity contribution is 0.327. The fraction of sp³-hybridized carbons (Fsp3) is 0.333. The second-order valence-corrected chi connectivity index (χ2v) is 5.63. The van der Waals surface area contributed by atoms with Crippen LogP contribution < -0.4 is 5.73 Å². The maximum Gasteiger partial charge on any atom is 0.116 e. The standard InChI is InChI=1S/C15H19NO/c1-15(2,3)14(16)12-5-4-11-9-13(17)7-6-10(11)8-12/h4-9,14,17H,16H2,1-3H3/t14-/m1/s1. The third-order valence-electron chi connectivity index (χ3n) is 3.14. The van der Waals surface area contributed by atoms with Crippen LogP contribution in [0, 0.1) is 5.41 Å². The SMILES string of the molecule is CC(C)(C)[C@H](N)c1ccc2cc(O)ccc2c1. The Balaban J connectivity index is 2.48. The highest BCUT2D eigenvalue weighted by Gasteiger charge is 2.22. The predicted octanol–water partition coefficient (Wildman–Crippen LogP) is 3.59. The van der Waals surface area contributed by atoms with Gasteiger partial charge in [0.2, 0.25) is 0 Å². The van der Waals surface area contributed by atoms with Crippen LogP contribution in [0.3, 0.4) is 0 Å². The second kappa shape index (κ2) is 4.04. The average molecular weight is 229 g/mol. The molecule has 0 unspecified atom stereocenters. The molecule has 2 rings (SSSR count). The molecule has 0 heterocycles. The molecular weight excluding hydrogens is 210 g/mol. The molecule has 2 aromatic rings. The van der Waals surface area contributed by atoms with Crippen LogP contribution in [0.25, 0.3) is 10.8 Å². The summed E-state index contributed by atoms with van der Waals surface area (Å²) < 4.78 is 0. The fourth-order valence-electron chi connectivity index (χ4n) is 1.95. The summed E-state index contributed by atoms with van der Waals surface area (Å²) in [5.41, 5.74) is 7.42. The van der Waals surface area contributed by atoms with Gasteiger partial charge in [0.25, 0.3) is 0 Å². The molecule has 0 aliphatic heterocycles. The molecule has 0 saturated heterocycles. The number of benzene rings is 2. The van der Waals surface area contributed by atoms with Crippen molar-refractivity contribution in [1.29, 1.82) is 0 Å². The number of hydrogen-bond acceptors (Lipinski definition) is 2. The Bertz CT molecular complexity index is 540. The molecule has 0 aliphatic carbocycles. The topological polar surface area (TPSA) is 46.2 Å². The van der Waals surface area contributed by atoms with Crippen molar-refractivity contribution in [2.45, 2.75) is 26.8 Å². The summed E-state index contributed by atoms with van der Waals surface area (Å²) in [6.45, 7) is 6.41. The lowest BCUT2D eigenvalue weighted by atomic mass is 9.82. The Morgan fingerprint density at radius 1 is 1.00 bits per heavy atom. The quantitative estimate of drug-likeness (QED) is 0.785. The average Bonchev–Trinajstić information content (AvgIpc) is 2.26. The Morgan fingerprint density at radius 2 is 1.59 bits per heavy atom. The van der Waals surface area contributed by atoms with Crippen molar-refractivity contribution < 1.29 is 5.11 Å². The maximum atomic E-state index is 9.41. The van der Waals surface area contributed by atoms with Gasteiger partial charge in [0.05, 0.1) is 0 Å². The van der Waals surface area contributed by atoms with E-state index >= 15 is 0 Å². The van der Waals surface area contributed by atoms with Crippen LogP contribution in [0.4, 0.5) is 0 Å². The van der Waals surface area contributed by atoms with Gasteiger partial charge in [-0.1, -0.05) is 39.0 Å². The van der Waals surface area contributed by atoms with Crippen molar-refractivity contribution in [3.63, 3.8) is 0 Å². The number of nitrogens with two attached hydrogens (primary N) is 1. The molecule has 0 spiro atoms. The van der Waals surface area contributed by atoms with Crippen LogP contribution in [-0.2, 0) is 0 Å². The third kappa shape index (κ3) is 2.42. The number of hydrogen-bond donors (Lipinski definition) is 2. The first kappa shape index (κ1) is 11.9. The summed E-state index contributed by atoms with van der Waals surface area (Å²) >= 11 is 0. The van der Waals surface area contributed by atoms with Gasteiger partial charge in [0, 0.05) is 6.04 Å². The largest absolute Gasteiger partial charge is 0.508 e. The summed E-state index contributed by atoms with van der Waals surface area (Å²) in [6, 6.07) is 11.6. The molecule has 2 heteroatoms. The Kier molecular flexibility index (Phi) is 2.84. The van der Waals surface area contributed by atoms with E-state index in [4.69, 9.17) is 5.73 Å². The second-order valence-electron chi connectivity index (χ2n) is 5.63. The van der Waals surface area contributed by atoms with Crippen molar-refractivity contribution in [3.05, 3.63) is 42.0 Å². The number of aromatic hydroxyl groups is 1. The van der Waals surface area contributed by atoms with Crippen molar-refractivity contribution in [3.8, 4) is 5.75 Å². The van der Waals surface area contributed by atoms with E-state index in [0.29, 0.717) is 5.75 Å². The van der Waals surface area contributed by atoms with Gasteiger partial charge in [0.15, 0.2) is 0 Å². The highest BCUT2D eigenvalue weighted by atomic mass is 16.3. The minimum atomic E-state index is 0.0145. The molecule has 0 aromatic heterocycles. The summed E-state index contributed by atoms with van der Waals surface area (Å²) in [4.78, 5) is 0. The van der Waals surface area contributed by atoms with Crippen molar-refractivity contribution in [1.82, 2.24) is 0 Å². The van der Waals surface area contributed by atoms with Crippen LogP contribution in [0.5, 0.6) is 5.75 Å². The molecule has 2 aromatic carbocycles. The zero-order valence-electron chi connectivity index (χ0n) is 10.6. The van der Waals surface area contributed by atoms with Crippen LogP contribution >= 0.6 is 0 Å². The zero-order chi connectivity index (χ0) is 12.6. The van der Waals surface area contributed by atoms with Gasteiger partial charge in [-0.3, -0.25) is 0 Å². The molecule has 1 atom stereocenters. The highest BCUT2D eigenvalue weighted by molar-refractivity contribution is 5.84. The molecule has 0 bridgehead atoms. The molecule has 90 valence electrons. The van der Waals surface area contributed by atoms with Gasteiger partial charge >= 0.3 is 0 Å². The Labute approximate surface area is 102 Å². The third-order valence-corrected chi connectivity index (χ3v) is 3.14. The number of rotatable bonds is 1. The van der Waals surface area contributed by atoms with E-state index in [1.54, 1.807) is 12.1 Å². The van der Waals surface area contributed by atoms with Gasteiger partial charge in [-0.25, -0.2) is 0 Å². The monoisotopic (exact) mass is 229 g/mol. The summed E-state index contributed by atoms with van der Waals surface area (Å²) in [5, 5.41) is 11.6. The van der Waals surface area contributed by atoms with Gasteiger partial charge < -0.3 is 10.8 Å². The van der Waals surface area contributed by atoms with Crippen LogP contribution in [0.1, 0.15) is 32.4 Å². The molecule has 2 nitrogen and oxygen atoms in total. The van der Waals surface area contributed by atoms with Crippen LogP contribution in [0.2, 0.25) is 0 Å². The summed E-state index contributed by atoms with van der Waals surface area (Å²) in [5.74, 6) is 0.297. The van der Waals surface area contributed by atoms with Crippen molar-refractivity contribution in [2.75, 3.05) is 0 Å². The molecule has 3 N–H and O–H groups in total. The smallest absolute Gasteiger partial charge is 0.116 e. The molecule has 17 heavy (non-hydrogen) atoms. The van der Waals surface area contributed by atoms with Gasteiger partial charge in [-0.2, -0.15) is 0 Å². The van der Waals surface area contributed by atoms with E-state index in [-0.39, 0.29) is 11.5 Å². The summed E-state index contributed by atoms with van der Waals surface area (Å²) in [6.07, 6.45) is 0. The van der Waals surface area contributed by atoms with E-state index < -0.39 is 0 Å². The highest BCUT2D eigenvalue weighted by Crippen LogP contribution is 2.32. The van der Waals surface area contributed by atoms with Crippen LogP contribution in [-0.4, -0.2) is 5.11 Å². The van der Waals surface area contributed by atoms with E-state index in [1.165, 1.54) is 0 Å². The Morgan fingerprint density at radius 3 is 2.24 bits per heavy atom. The predicted molar refractivity (Wildman–Crippen MR) is 72.0 cm³/mol. The molecule has 0 fully saturated rings. The lowest BCUT2D eigenvalue weighted by Gasteiger charge is -2.27. The minimum absolute atomic E-state index is 0.0145. The number of phenols is 1. The van der Waals surface area contributed by atoms with Crippen molar-refractivity contribution >= 4 is 10.8 Å². The van der Waals surface area contributed by atoms with Crippen molar-refractivity contribution in [2.24, 2.45) is 11.1 Å². The first-order valence-electron chi connectivity index (χ1n) is 5.86.